The summed E-state index contributed by atoms with van der Waals surface area (Å²) in [6.07, 6.45) is 18.3. The monoisotopic (exact) mass is 246 g/mol. The van der Waals surface area contributed by atoms with Crippen LogP contribution in [0.5, 0.6) is 0 Å². The molecule has 0 aromatic heterocycles. The highest BCUT2D eigenvalue weighted by Gasteiger charge is 1.92. The van der Waals surface area contributed by atoms with E-state index in [-0.39, 0.29) is 0 Å². The SMILES string of the molecule is CCCCCCCCCCCCCCCCl. The molecule has 0 unspecified atom stereocenters. The Bertz CT molecular complexity index is 98.0. The molecule has 1 heteroatoms. The van der Waals surface area contributed by atoms with Crippen LogP contribution in [-0.4, -0.2) is 5.88 Å². The third-order valence-electron chi connectivity index (χ3n) is 3.24. The summed E-state index contributed by atoms with van der Waals surface area (Å²) >= 11 is 5.63. The van der Waals surface area contributed by atoms with E-state index in [9.17, 15) is 0 Å². The van der Waals surface area contributed by atoms with Gasteiger partial charge in [-0.15, -0.1) is 11.6 Å². The Labute approximate surface area is 108 Å². The highest BCUT2D eigenvalue weighted by atomic mass is 35.5. The summed E-state index contributed by atoms with van der Waals surface area (Å²) in [6, 6.07) is 0. The van der Waals surface area contributed by atoms with Crippen molar-refractivity contribution in [1.82, 2.24) is 0 Å². The van der Waals surface area contributed by atoms with Crippen molar-refractivity contribution in [2.45, 2.75) is 90.4 Å². The Morgan fingerprint density at radius 1 is 0.500 bits per heavy atom. The van der Waals surface area contributed by atoms with E-state index in [4.69, 9.17) is 11.6 Å². The van der Waals surface area contributed by atoms with Gasteiger partial charge in [-0.2, -0.15) is 0 Å². The third kappa shape index (κ3) is 14.3. The van der Waals surface area contributed by atoms with Gasteiger partial charge in [0.25, 0.3) is 0 Å². The van der Waals surface area contributed by atoms with Crippen LogP contribution in [0.2, 0.25) is 0 Å². The van der Waals surface area contributed by atoms with E-state index < -0.39 is 0 Å². The van der Waals surface area contributed by atoms with E-state index in [1.54, 1.807) is 0 Å². The van der Waals surface area contributed by atoms with E-state index in [1.165, 1.54) is 83.5 Å². The average Bonchev–Trinajstić information content (AvgIpc) is 2.31. The summed E-state index contributed by atoms with van der Waals surface area (Å²) in [6.45, 7) is 2.28. The van der Waals surface area contributed by atoms with Gasteiger partial charge in [0, 0.05) is 5.88 Å². The predicted molar refractivity (Wildman–Crippen MR) is 76.4 cm³/mol. The maximum atomic E-state index is 5.63. The minimum Gasteiger partial charge on any atom is -0.127 e. The molecule has 0 aromatic carbocycles. The molecule has 0 fully saturated rings. The Hall–Kier alpha value is 0.290. The van der Waals surface area contributed by atoms with Crippen LogP contribution in [-0.2, 0) is 0 Å². The minimum absolute atomic E-state index is 0.845. The minimum atomic E-state index is 0.845. The fourth-order valence-corrected chi connectivity index (χ4v) is 2.30. The summed E-state index contributed by atoms with van der Waals surface area (Å²) in [7, 11) is 0. The molecule has 0 nitrogen and oxygen atoms in total. The Balaban J connectivity index is 2.83. The molecular weight excluding hydrogens is 216 g/mol. The van der Waals surface area contributed by atoms with Crippen molar-refractivity contribution >= 4 is 11.6 Å². The Morgan fingerprint density at radius 2 is 0.812 bits per heavy atom. The molecule has 0 N–H and O–H groups in total. The molecule has 0 saturated heterocycles. The standard InChI is InChI=1S/C15H31Cl/c1-2-3-4-5-6-7-8-9-10-11-12-13-14-15-16/h2-15H2,1H3. The van der Waals surface area contributed by atoms with Gasteiger partial charge in [0.15, 0.2) is 0 Å². The smallest absolute Gasteiger partial charge is 0.0223 e. The van der Waals surface area contributed by atoms with E-state index in [1.807, 2.05) is 0 Å². The van der Waals surface area contributed by atoms with Crippen LogP contribution in [0.25, 0.3) is 0 Å². The molecule has 0 amide bonds. The quantitative estimate of drug-likeness (QED) is 0.264. The van der Waals surface area contributed by atoms with Gasteiger partial charge in [-0.3, -0.25) is 0 Å². The number of halogens is 1. The average molecular weight is 247 g/mol. The largest absolute Gasteiger partial charge is 0.127 e. The van der Waals surface area contributed by atoms with Gasteiger partial charge < -0.3 is 0 Å². The molecule has 0 radical (unpaired) electrons. The van der Waals surface area contributed by atoms with Gasteiger partial charge in [-0.1, -0.05) is 84.0 Å². The van der Waals surface area contributed by atoms with Gasteiger partial charge in [0.05, 0.1) is 0 Å². The molecule has 0 bridgehead atoms. The van der Waals surface area contributed by atoms with Crippen LogP contribution < -0.4 is 0 Å². The van der Waals surface area contributed by atoms with E-state index >= 15 is 0 Å². The number of hydrogen-bond donors (Lipinski definition) is 0. The first-order chi connectivity index (χ1) is 7.91. The molecular formula is C15H31Cl. The maximum Gasteiger partial charge on any atom is 0.0223 e. The summed E-state index contributed by atoms with van der Waals surface area (Å²) in [5.74, 6) is 0.845. The molecule has 16 heavy (non-hydrogen) atoms. The highest BCUT2D eigenvalue weighted by molar-refractivity contribution is 6.17. The fraction of sp³-hybridized carbons (Fsp3) is 1.00. The number of alkyl halides is 1. The zero-order chi connectivity index (χ0) is 11.9. The zero-order valence-electron chi connectivity index (χ0n) is 11.3. The fourth-order valence-electron chi connectivity index (χ4n) is 2.11. The normalized spacial score (nSPS) is 10.9. The molecule has 0 aliphatic heterocycles. The molecule has 0 rings (SSSR count). The van der Waals surface area contributed by atoms with Crippen LogP contribution in [0.4, 0.5) is 0 Å². The summed E-state index contributed by atoms with van der Waals surface area (Å²) < 4.78 is 0. The second kappa shape index (κ2) is 15.3. The lowest BCUT2D eigenvalue weighted by Gasteiger charge is -2.02. The van der Waals surface area contributed by atoms with Crippen molar-refractivity contribution in [2.24, 2.45) is 0 Å². The molecule has 0 heterocycles. The third-order valence-corrected chi connectivity index (χ3v) is 3.50. The van der Waals surface area contributed by atoms with Crippen molar-refractivity contribution in [2.75, 3.05) is 5.88 Å². The van der Waals surface area contributed by atoms with Gasteiger partial charge >= 0.3 is 0 Å². The van der Waals surface area contributed by atoms with Crippen LogP contribution >= 0.6 is 11.6 Å². The molecule has 0 spiro atoms. The molecule has 0 saturated carbocycles. The van der Waals surface area contributed by atoms with Crippen LogP contribution in [0.15, 0.2) is 0 Å². The van der Waals surface area contributed by atoms with Crippen molar-refractivity contribution in [3.05, 3.63) is 0 Å². The van der Waals surface area contributed by atoms with Crippen LogP contribution in [0.3, 0.4) is 0 Å². The maximum absolute atomic E-state index is 5.63. The lowest BCUT2D eigenvalue weighted by Crippen LogP contribution is -1.83. The first kappa shape index (κ1) is 16.3. The lowest BCUT2D eigenvalue weighted by atomic mass is 10.1. The Kier molecular flexibility index (Phi) is 15.6. The topological polar surface area (TPSA) is 0 Å². The summed E-state index contributed by atoms with van der Waals surface area (Å²) in [4.78, 5) is 0. The van der Waals surface area contributed by atoms with Crippen molar-refractivity contribution in [3.63, 3.8) is 0 Å². The zero-order valence-corrected chi connectivity index (χ0v) is 12.0. The second-order valence-corrected chi connectivity index (χ2v) is 5.31. The molecule has 0 aliphatic carbocycles. The van der Waals surface area contributed by atoms with Gasteiger partial charge in [0.1, 0.15) is 0 Å². The van der Waals surface area contributed by atoms with Gasteiger partial charge in [-0.25, -0.2) is 0 Å². The van der Waals surface area contributed by atoms with Gasteiger partial charge in [0.2, 0.25) is 0 Å². The van der Waals surface area contributed by atoms with Crippen molar-refractivity contribution < 1.29 is 0 Å². The molecule has 98 valence electrons. The second-order valence-electron chi connectivity index (χ2n) is 4.93. The van der Waals surface area contributed by atoms with E-state index in [2.05, 4.69) is 6.92 Å². The van der Waals surface area contributed by atoms with E-state index in [0.717, 1.165) is 5.88 Å². The predicted octanol–water partition coefficient (Wildman–Crippen LogP) is 6.32. The molecule has 0 aliphatic rings. The number of hydrogen-bond acceptors (Lipinski definition) is 0. The molecule has 0 aromatic rings. The van der Waals surface area contributed by atoms with E-state index in [0.29, 0.717) is 0 Å². The van der Waals surface area contributed by atoms with Crippen molar-refractivity contribution in [1.29, 1.82) is 0 Å². The number of unbranched alkanes of at least 4 members (excludes halogenated alkanes) is 12. The highest BCUT2D eigenvalue weighted by Crippen LogP contribution is 2.12. The summed E-state index contributed by atoms with van der Waals surface area (Å²) in [5, 5.41) is 0. The number of rotatable bonds is 13. The van der Waals surface area contributed by atoms with Crippen LogP contribution in [0.1, 0.15) is 90.4 Å². The van der Waals surface area contributed by atoms with Crippen LogP contribution in [0, 0.1) is 0 Å². The van der Waals surface area contributed by atoms with Crippen molar-refractivity contribution in [3.8, 4) is 0 Å². The first-order valence-corrected chi connectivity index (χ1v) is 8.01. The lowest BCUT2D eigenvalue weighted by molar-refractivity contribution is 0.543. The molecule has 0 atom stereocenters. The summed E-state index contributed by atoms with van der Waals surface area (Å²) in [5.41, 5.74) is 0. The Morgan fingerprint density at radius 3 is 1.12 bits per heavy atom. The van der Waals surface area contributed by atoms with Gasteiger partial charge in [-0.05, 0) is 6.42 Å². The first-order valence-electron chi connectivity index (χ1n) is 7.47.